The maximum atomic E-state index is 9.90. The van der Waals surface area contributed by atoms with Crippen LogP contribution in [0.25, 0.3) is 0 Å². The van der Waals surface area contributed by atoms with Gasteiger partial charge in [-0.25, -0.2) is 0 Å². The van der Waals surface area contributed by atoms with Crippen LogP contribution >= 0.6 is 0 Å². The van der Waals surface area contributed by atoms with E-state index in [9.17, 15) is 5.11 Å². The molecule has 1 aromatic carbocycles. The van der Waals surface area contributed by atoms with Crippen LogP contribution < -0.4 is 0 Å². The van der Waals surface area contributed by atoms with Crippen LogP contribution in [0.5, 0.6) is 5.75 Å². The topological polar surface area (TPSA) is 63.9 Å². The summed E-state index contributed by atoms with van der Waals surface area (Å²) in [5, 5.41) is 27.7. The number of phenolic OH excluding ortho intramolecular Hbond substituents is 1. The number of para-hydroxylation sites is 1. The summed E-state index contributed by atoms with van der Waals surface area (Å²) in [6, 6.07) is 5.65. The molecule has 0 atom stereocenters. The molecule has 1 rings (SSSR count). The average molecular weight is 239 g/mol. The number of hydrogen-bond donors (Lipinski definition) is 3. The van der Waals surface area contributed by atoms with Gasteiger partial charge in [0, 0.05) is 31.8 Å². The quantitative estimate of drug-likeness (QED) is 0.661. The minimum atomic E-state index is 0.0814. The molecule has 0 amide bonds. The normalized spacial score (nSPS) is 11.1. The van der Waals surface area contributed by atoms with E-state index in [0.29, 0.717) is 31.8 Å². The van der Waals surface area contributed by atoms with Crippen LogP contribution in [0.2, 0.25) is 0 Å². The summed E-state index contributed by atoms with van der Waals surface area (Å²) in [4.78, 5) is 2.02. The van der Waals surface area contributed by atoms with Gasteiger partial charge in [-0.3, -0.25) is 4.90 Å². The van der Waals surface area contributed by atoms with E-state index in [-0.39, 0.29) is 13.2 Å². The van der Waals surface area contributed by atoms with Crippen molar-refractivity contribution in [3.05, 3.63) is 29.3 Å². The summed E-state index contributed by atoms with van der Waals surface area (Å²) in [5.74, 6) is 0.319. The van der Waals surface area contributed by atoms with Gasteiger partial charge in [-0.2, -0.15) is 0 Å². The predicted molar refractivity (Wildman–Crippen MR) is 66.9 cm³/mol. The maximum Gasteiger partial charge on any atom is 0.122 e. The zero-order valence-corrected chi connectivity index (χ0v) is 10.3. The minimum absolute atomic E-state index is 0.0814. The van der Waals surface area contributed by atoms with E-state index < -0.39 is 0 Å². The molecule has 0 aliphatic carbocycles. The van der Waals surface area contributed by atoms with Gasteiger partial charge >= 0.3 is 0 Å². The predicted octanol–water partition coefficient (Wildman–Crippen LogP) is 0.877. The van der Waals surface area contributed by atoms with Crippen molar-refractivity contribution in [2.24, 2.45) is 0 Å². The van der Waals surface area contributed by atoms with Crippen molar-refractivity contribution in [3.63, 3.8) is 0 Å². The zero-order chi connectivity index (χ0) is 12.7. The molecule has 0 aliphatic heterocycles. The van der Waals surface area contributed by atoms with Gasteiger partial charge in [0.25, 0.3) is 0 Å². The first-order valence-corrected chi connectivity index (χ1v) is 5.90. The van der Waals surface area contributed by atoms with Crippen molar-refractivity contribution in [1.29, 1.82) is 0 Å². The van der Waals surface area contributed by atoms with E-state index in [2.05, 4.69) is 0 Å². The molecular formula is C13H21NO3. The highest BCUT2D eigenvalue weighted by atomic mass is 16.3. The van der Waals surface area contributed by atoms with Crippen molar-refractivity contribution >= 4 is 0 Å². The lowest BCUT2D eigenvalue weighted by Crippen LogP contribution is -2.28. The van der Waals surface area contributed by atoms with Gasteiger partial charge in [-0.1, -0.05) is 18.2 Å². The van der Waals surface area contributed by atoms with Crippen molar-refractivity contribution < 1.29 is 15.3 Å². The first kappa shape index (κ1) is 14.0. The second-order valence-corrected chi connectivity index (χ2v) is 4.16. The lowest BCUT2D eigenvalue weighted by molar-refractivity contribution is 0.173. The fourth-order valence-electron chi connectivity index (χ4n) is 1.79. The Bertz CT molecular complexity index is 341. The van der Waals surface area contributed by atoms with Crippen LogP contribution in [-0.4, -0.2) is 46.5 Å². The molecular weight excluding hydrogens is 218 g/mol. The van der Waals surface area contributed by atoms with E-state index >= 15 is 0 Å². The zero-order valence-electron chi connectivity index (χ0n) is 10.3. The van der Waals surface area contributed by atoms with E-state index in [4.69, 9.17) is 10.2 Å². The van der Waals surface area contributed by atoms with Crippen LogP contribution in [0.15, 0.2) is 18.2 Å². The minimum Gasteiger partial charge on any atom is -0.507 e. The molecule has 0 fully saturated rings. The first-order valence-electron chi connectivity index (χ1n) is 5.90. The Morgan fingerprint density at radius 2 is 1.88 bits per heavy atom. The molecule has 0 aromatic heterocycles. The van der Waals surface area contributed by atoms with Crippen LogP contribution in [0, 0.1) is 6.92 Å². The SMILES string of the molecule is Cc1cccc(CN(CCO)CCCO)c1O. The smallest absolute Gasteiger partial charge is 0.122 e. The molecule has 0 aliphatic rings. The number of nitrogens with zero attached hydrogens (tertiary/aromatic N) is 1. The van der Waals surface area contributed by atoms with Gasteiger partial charge in [0.1, 0.15) is 5.75 Å². The van der Waals surface area contributed by atoms with Crippen molar-refractivity contribution in [2.75, 3.05) is 26.3 Å². The van der Waals surface area contributed by atoms with Crippen LogP contribution in [-0.2, 0) is 6.54 Å². The Morgan fingerprint density at radius 1 is 1.12 bits per heavy atom. The highest BCUT2D eigenvalue weighted by Gasteiger charge is 2.09. The highest BCUT2D eigenvalue weighted by Crippen LogP contribution is 2.22. The molecule has 4 heteroatoms. The van der Waals surface area contributed by atoms with Crippen LogP contribution in [0.4, 0.5) is 0 Å². The lowest BCUT2D eigenvalue weighted by Gasteiger charge is -2.21. The van der Waals surface area contributed by atoms with Gasteiger partial charge in [-0.15, -0.1) is 0 Å². The Kier molecular flexibility index (Phi) is 5.97. The standard InChI is InChI=1S/C13H21NO3/c1-11-4-2-5-12(13(11)17)10-14(7-9-16)6-3-8-15/h2,4-5,15-17H,3,6-10H2,1H3. The molecule has 17 heavy (non-hydrogen) atoms. The van der Waals surface area contributed by atoms with E-state index in [1.807, 2.05) is 30.0 Å². The molecule has 0 spiro atoms. The molecule has 3 N–H and O–H groups in total. The monoisotopic (exact) mass is 239 g/mol. The second kappa shape index (κ2) is 7.27. The van der Waals surface area contributed by atoms with Gasteiger partial charge < -0.3 is 15.3 Å². The molecule has 0 saturated carbocycles. The van der Waals surface area contributed by atoms with Gasteiger partial charge in [0.05, 0.1) is 6.61 Å². The highest BCUT2D eigenvalue weighted by molar-refractivity contribution is 5.39. The summed E-state index contributed by atoms with van der Waals surface area (Å²) < 4.78 is 0. The summed E-state index contributed by atoms with van der Waals surface area (Å²) in [7, 11) is 0. The number of hydrogen-bond acceptors (Lipinski definition) is 4. The number of aromatic hydroxyl groups is 1. The van der Waals surface area contributed by atoms with E-state index in [1.165, 1.54) is 0 Å². The van der Waals surface area contributed by atoms with Crippen LogP contribution in [0.1, 0.15) is 17.5 Å². The van der Waals surface area contributed by atoms with Gasteiger partial charge in [-0.05, 0) is 18.9 Å². The summed E-state index contributed by atoms with van der Waals surface area (Å²) in [5.41, 5.74) is 1.71. The van der Waals surface area contributed by atoms with E-state index in [1.54, 1.807) is 0 Å². The Morgan fingerprint density at radius 3 is 2.53 bits per heavy atom. The fraction of sp³-hybridized carbons (Fsp3) is 0.538. The molecule has 1 aromatic rings. The van der Waals surface area contributed by atoms with E-state index in [0.717, 1.165) is 11.1 Å². The summed E-state index contributed by atoms with van der Waals surface area (Å²) in [6.07, 6.45) is 0.673. The summed E-state index contributed by atoms with van der Waals surface area (Å²) in [6.45, 7) is 3.94. The number of aryl methyl sites for hydroxylation is 1. The average Bonchev–Trinajstić information content (AvgIpc) is 2.32. The molecule has 0 radical (unpaired) electrons. The Hall–Kier alpha value is -1.10. The first-order chi connectivity index (χ1) is 8.19. The molecule has 0 unspecified atom stereocenters. The molecule has 0 saturated heterocycles. The third kappa shape index (κ3) is 4.34. The molecule has 0 bridgehead atoms. The van der Waals surface area contributed by atoms with Crippen molar-refractivity contribution in [2.45, 2.75) is 19.9 Å². The lowest BCUT2D eigenvalue weighted by atomic mass is 10.1. The third-order valence-corrected chi connectivity index (χ3v) is 2.76. The Balaban J connectivity index is 2.67. The maximum absolute atomic E-state index is 9.90. The number of aliphatic hydroxyl groups excluding tert-OH is 2. The molecule has 4 nitrogen and oxygen atoms in total. The van der Waals surface area contributed by atoms with Crippen molar-refractivity contribution in [1.82, 2.24) is 4.90 Å². The van der Waals surface area contributed by atoms with Crippen molar-refractivity contribution in [3.8, 4) is 5.75 Å². The van der Waals surface area contributed by atoms with Gasteiger partial charge in [0.2, 0.25) is 0 Å². The number of benzene rings is 1. The molecule has 96 valence electrons. The number of phenols is 1. The molecule has 0 heterocycles. The Labute approximate surface area is 102 Å². The van der Waals surface area contributed by atoms with Gasteiger partial charge in [0.15, 0.2) is 0 Å². The number of aliphatic hydroxyl groups is 2. The third-order valence-electron chi connectivity index (χ3n) is 2.76. The number of rotatable bonds is 7. The largest absolute Gasteiger partial charge is 0.507 e. The second-order valence-electron chi connectivity index (χ2n) is 4.16. The fourth-order valence-corrected chi connectivity index (χ4v) is 1.79. The van der Waals surface area contributed by atoms with Crippen LogP contribution in [0.3, 0.4) is 0 Å². The summed E-state index contributed by atoms with van der Waals surface area (Å²) >= 11 is 0.